The molecule has 0 aromatic heterocycles. The minimum Gasteiger partial charge on any atom is -0.378 e. The molecule has 20 heavy (non-hydrogen) atoms. The maximum absolute atomic E-state index is 6.06. The lowest BCUT2D eigenvalue weighted by Gasteiger charge is -2.35. The first kappa shape index (κ1) is 18.0. The molecular weight excluding hydrogens is 367 g/mol. The highest BCUT2D eigenvalue weighted by Crippen LogP contribution is 2.17. The number of nitrogens with zero attached hydrogens (tertiary/aromatic N) is 3. The molecule has 2 rings (SSSR count). The summed E-state index contributed by atoms with van der Waals surface area (Å²) in [6.07, 6.45) is 2.68. The Bertz CT molecular complexity index is 308. The maximum Gasteiger partial charge on any atom is 0.191 e. The third kappa shape index (κ3) is 5.37. The van der Waals surface area contributed by atoms with E-state index in [-0.39, 0.29) is 24.0 Å². The van der Waals surface area contributed by atoms with Crippen LogP contribution in [0.1, 0.15) is 26.7 Å². The number of hydrogen-bond acceptors (Lipinski definition) is 3. The summed E-state index contributed by atoms with van der Waals surface area (Å²) in [5.41, 5.74) is 6.06. The Kier molecular flexibility index (Phi) is 8.13. The van der Waals surface area contributed by atoms with Gasteiger partial charge < -0.3 is 15.4 Å². The molecular formula is C14H29IN4O. The van der Waals surface area contributed by atoms with Crippen LogP contribution in [0.15, 0.2) is 4.99 Å². The molecule has 0 saturated carbocycles. The van der Waals surface area contributed by atoms with Gasteiger partial charge in [0.25, 0.3) is 0 Å². The summed E-state index contributed by atoms with van der Waals surface area (Å²) < 4.78 is 5.32. The van der Waals surface area contributed by atoms with Gasteiger partial charge in [-0.2, -0.15) is 0 Å². The van der Waals surface area contributed by atoms with Gasteiger partial charge in [0.15, 0.2) is 5.96 Å². The molecule has 2 aliphatic heterocycles. The van der Waals surface area contributed by atoms with Gasteiger partial charge in [0.05, 0.1) is 19.8 Å². The molecule has 0 bridgehead atoms. The molecule has 0 aliphatic carbocycles. The lowest BCUT2D eigenvalue weighted by atomic mass is 9.99. The Morgan fingerprint density at radius 2 is 2.05 bits per heavy atom. The lowest BCUT2D eigenvalue weighted by molar-refractivity contribution is 0.0672. The van der Waals surface area contributed by atoms with Gasteiger partial charge in [0.2, 0.25) is 0 Å². The van der Waals surface area contributed by atoms with Gasteiger partial charge in [-0.3, -0.25) is 9.89 Å². The van der Waals surface area contributed by atoms with Crippen molar-refractivity contribution < 1.29 is 4.74 Å². The standard InChI is InChI=1S/C14H28N4O.HI/c1-12-4-3-5-18(11-12)13(2)10-16-14(15)17-6-8-19-9-7-17;/h12-13H,3-11H2,1-2H3,(H2,15,16);1H. The molecule has 0 aromatic rings. The smallest absolute Gasteiger partial charge is 0.191 e. The summed E-state index contributed by atoms with van der Waals surface area (Å²) in [7, 11) is 0. The van der Waals surface area contributed by atoms with E-state index in [1.165, 1.54) is 25.9 Å². The highest BCUT2D eigenvalue weighted by atomic mass is 127. The number of halogens is 1. The molecule has 5 nitrogen and oxygen atoms in total. The molecule has 2 N–H and O–H groups in total. The molecule has 0 radical (unpaired) electrons. The van der Waals surface area contributed by atoms with Crippen molar-refractivity contribution in [2.75, 3.05) is 45.9 Å². The van der Waals surface area contributed by atoms with Crippen LogP contribution in [0.2, 0.25) is 0 Å². The number of guanidine groups is 1. The van der Waals surface area contributed by atoms with Gasteiger partial charge >= 0.3 is 0 Å². The van der Waals surface area contributed by atoms with Crippen molar-refractivity contribution in [2.24, 2.45) is 16.6 Å². The van der Waals surface area contributed by atoms with Crippen LogP contribution in [-0.4, -0.2) is 67.7 Å². The first-order valence-electron chi connectivity index (χ1n) is 7.53. The predicted molar refractivity (Wildman–Crippen MR) is 93.7 cm³/mol. The topological polar surface area (TPSA) is 54.1 Å². The lowest BCUT2D eigenvalue weighted by Crippen LogP contribution is -2.46. The fourth-order valence-electron chi connectivity index (χ4n) is 2.86. The largest absolute Gasteiger partial charge is 0.378 e. The van der Waals surface area contributed by atoms with Crippen LogP contribution in [0.25, 0.3) is 0 Å². The predicted octanol–water partition coefficient (Wildman–Crippen LogP) is 1.37. The van der Waals surface area contributed by atoms with E-state index in [0.717, 1.165) is 38.8 Å². The summed E-state index contributed by atoms with van der Waals surface area (Å²) in [5, 5.41) is 0. The minimum absolute atomic E-state index is 0. The number of morpholine rings is 1. The van der Waals surface area contributed by atoms with Crippen molar-refractivity contribution in [1.29, 1.82) is 0 Å². The number of ether oxygens (including phenoxy) is 1. The van der Waals surface area contributed by atoms with Gasteiger partial charge in [-0.15, -0.1) is 24.0 Å². The van der Waals surface area contributed by atoms with E-state index < -0.39 is 0 Å². The first-order chi connectivity index (χ1) is 9.16. The fraction of sp³-hybridized carbons (Fsp3) is 0.929. The van der Waals surface area contributed by atoms with E-state index in [1.54, 1.807) is 0 Å². The summed E-state index contributed by atoms with van der Waals surface area (Å²) in [5.74, 6) is 1.50. The van der Waals surface area contributed by atoms with E-state index in [1.807, 2.05) is 0 Å². The van der Waals surface area contributed by atoms with E-state index >= 15 is 0 Å². The molecule has 2 unspecified atom stereocenters. The number of hydrogen-bond donors (Lipinski definition) is 1. The van der Waals surface area contributed by atoms with Crippen molar-refractivity contribution >= 4 is 29.9 Å². The minimum atomic E-state index is 0. The van der Waals surface area contributed by atoms with E-state index in [9.17, 15) is 0 Å². The summed E-state index contributed by atoms with van der Waals surface area (Å²) in [6, 6.07) is 0.488. The van der Waals surface area contributed by atoms with Gasteiger partial charge in [-0.1, -0.05) is 6.92 Å². The summed E-state index contributed by atoms with van der Waals surface area (Å²) in [6.45, 7) is 11.1. The molecule has 2 atom stereocenters. The molecule has 6 heteroatoms. The Morgan fingerprint density at radius 1 is 1.35 bits per heavy atom. The molecule has 118 valence electrons. The molecule has 0 aromatic carbocycles. The molecule has 2 aliphatic rings. The Labute approximate surface area is 139 Å². The highest BCUT2D eigenvalue weighted by Gasteiger charge is 2.21. The van der Waals surface area contributed by atoms with Crippen molar-refractivity contribution in [3.63, 3.8) is 0 Å². The summed E-state index contributed by atoms with van der Waals surface area (Å²) >= 11 is 0. The second kappa shape index (κ2) is 9.04. The number of nitrogens with two attached hydrogens (primary N) is 1. The number of likely N-dealkylation sites (tertiary alicyclic amines) is 1. The number of aliphatic imine (C=N–C) groups is 1. The van der Waals surface area contributed by atoms with Crippen molar-refractivity contribution in [3.05, 3.63) is 0 Å². The molecule has 0 amide bonds. The normalized spacial score (nSPS) is 27.0. The van der Waals surface area contributed by atoms with Crippen molar-refractivity contribution in [3.8, 4) is 0 Å². The van der Waals surface area contributed by atoms with Crippen LogP contribution in [0, 0.1) is 5.92 Å². The van der Waals surface area contributed by atoms with Crippen molar-refractivity contribution in [2.45, 2.75) is 32.7 Å². The first-order valence-corrected chi connectivity index (χ1v) is 7.53. The van der Waals surface area contributed by atoms with E-state index in [2.05, 4.69) is 28.6 Å². The van der Waals surface area contributed by atoms with Crippen LogP contribution >= 0.6 is 24.0 Å². The second-order valence-electron chi connectivity index (χ2n) is 5.89. The van der Waals surface area contributed by atoms with Crippen LogP contribution in [0.5, 0.6) is 0 Å². The maximum atomic E-state index is 6.06. The quantitative estimate of drug-likeness (QED) is 0.445. The van der Waals surface area contributed by atoms with Crippen molar-refractivity contribution in [1.82, 2.24) is 9.80 Å². The second-order valence-corrected chi connectivity index (χ2v) is 5.89. The van der Waals surface area contributed by atoms with Crippen LogP contribution in [0.3, 0.4) is 0 Å². The average molecular weight is 396 g/mol. The molecule has 2 fully saturated rings. The van der Waals surface area contributed by atoms with E-state index in [0.29, 0.717) is 12.0 Å². The Balaban J connectivity index is 0.00000200. The van der Waals surface area contributed by atoms with Crippen LogP contribution in [0.4, 0.5) is 0 Å². The highest BCUT2D eigenvalue weighted by molar-refractivity contribution is 14.0. The van der Waals surface area contributed by atoms with Gasteiger partial charge in [-0.05, 0) is 32.2 Å². The van der Waals surface area contributed by atoms with Crippen LogP contribution < -0.4 is 5.73 Å². The number of piperidine rings is 1. The molecule has 2 heterocycles. The zero-order valence-electron chi connectivity index (χ0n) is 12.8. The third-order valence-corrected chi connectivity index (χ3v) is 4.16. The van der Waals surface area contributed by atoms with E-state index in [4.69, 9.17) is 10.5 Å². The zero-order chi connectivity index (χ0) is 13.7. The average Bonchev–Trinajstić information content (AvgIpc) is 2.45. The van der Waals surface area contributed by atoms with Gasteiger partial charge in [0, 0.05) is 25.7 Å². The number of rotatable bonds is 3. The summed E-state index contributed by atoms with van der Waals surface area (Å²) in [4.78, 5) is 9.24. The monoisotopic (exact) mass is 396 g/mol. The molecule has 0 spiro atoms. The molecule has 2 saturated heterocycles. The fourth-order valence-corrected chi connectivity index (χ4v) is 2.86. The Morgan fingerprint density at radius 3 is 2.70 bits per heavy atom. The Hall–Kier alpha value is -0.0800. The SMILES string of the molecule is CC1CCCN(C(C)CN=C(N)N2CCOCC2)C1.I. The van der Waals surface area contributed by atoms with Gasteiger partial charge in [0.1, 0.15) is 0 Å². The van der Waals surface area contributed by atoms with Crippen LogP contribution in [-0.2, 0) is 4.74 Å². The van der Waals surface area contributed by atoms with Gasteiger partial charge in [-0.25, -0.2) is 0 Å². The third-order valence-electron chi connectivity index (χ3n) is 4.16. The zero-order valence-corrected chi connectivity index (χ0v) is 15.1.